The molecule has 6 heteroatoms. The van der Waals surface area contributed by atoms with Crippen molar-refractivity contribution in [3.8, 4) is 0 Å². The van der Waals surface area contributed by atoms with Crippen molar-refractivity contribution in [2.45, 2.75) is 44.6 Å². The lowest BCUT2D eigenvalue weighted by Gasteiger charge is -2.39. The largest absolute Gasteiger partial charge is 0.381 e. The molecule has 0 aliphatic carbocycles. The van der Waals surface area contributed by atoms with E-state index >= 15 is 0 Å². The lowest BCUT2D eigenvalue weighted by atomic mass is 9.88. The van der Waals surface area contributed by atoms with Gasteiger partial charge in [-0.15, -0.1) is 0 Å². The SMILES string of the molecule is CS(=O)(=O)NCCc1ccc(CC2CCN(C3CCOCC3)CC2)cc1. The summed E-state index contributed by atoms with van der Waals surface area (Å²) in [6, 6.07) is 9.43. The molecule has 2 saturated heterocycles. The van der Waals surface area contributed by atoms with Crippen molar-refractivity contribution in [3.63, 3.8) is 0 Å². The van der Waals surface area contributed by atoms with Gasteiger partial charge >= 0.3 is 0 Å². The number of ether oxygens (including phenoxy) is 1. The summed E-state index contributed by atoms with van der Waals surface area (Å²) < 4.78 is 30.2. The number of nitrogens with zero attached hydrogens (tertiary/aromatic N) is 1. The van der Waals surface area contributed by atoms with Gasteiger partial charge in [-0.3, -0.25) is 0 Å². The Morgan fingerprint density at radius 3 is 2.27 bits per heavy atom. The van der Waals surface area contributed by atoms with Gasteiger partial charge in [0.15, 0.2) is 0 Å². The van der Waals surface area contributed by atoms with E-state index in [1.54, 1.807) is 0 Å². The Morgan fingerprint density at radius 2 is 1.65 bits per heavy atom. The van der Waals surface area contributed by atoms with Crippen molar-refractivity contribution in [2.24, 2.45) is 5.92 Å². The van der Waals surface area contributed by atoms with Crippen LogP contribution in [0, 0.1) is 5.92 Å². The van der Waals surface area contributed by atoms with Gasteiger partial charge in [-0.05, 0) is 68.7 Å². The monoisotopic (exact) mass is 380 g/mol. The smallest absolute Gasteiger partial charge is 0.208 e. The number of nitrogens with one attached hydrogen (secondary N) is 1. The molecule has 0 radical (unpaired) electrons. The maximum atomic E-state index is 11.1. The maximum absolute atomic E-state index is 11.1. The molecule has 0 spiro atoms. The number of hydrogen-bond acceptors (Lipinski definition) is 4. The topological polar surface area (TPSA) is 58.6 Å². The van der Waals surface area contributed by atoms with Crippen LogP contribution in [0.25, 0.3) is 0 Å². The average Bonchev–Trinajstić information content (AvgIpc) is 2.64. The van der Waals surface area contributed by atoms with E-state index in [0.717, 1.165) is 38.0 Å². The van der Waals surface area contributed by atoms with Crippen LogP contribution in [0.3, 0.4) is 0 Å². The summed E-state index contributed by atoms with van der Waals surface area (Å²) in [6.45, 7) is 4.77. The maximum Gasteiger partial charge on any atom is 0.208 e. The number of hydrogen-bond donors (Lipinski definition) is 1. The summed E-state index contributed by atoms with van der Waals surface area (Å²) in [5.74, 6) is 0.781. The van der Waals surface area contributed by atoms with Gasteiger partial charge in [-0.2, -0.15) is 0 Å². The van der Waals surface area contributed by atoms with Crippen molar-refractivity contribution in [3.05, 3.63) is 35.4 Å². The fraction of sp³-hybridized carbons (Fsp3) is 0.700. The van der Waals surface area contributed by atoms with Gasteiger partial charge in [0.25, 0.3) is 0 Å². The Kier molecular flexibility index (Phi) is 7.09. The van der Waals surface area contributed by atoms with Crippen molar-refractivity contribution in [2.75, 3.05) is 39.1 Å². The Bertz CT molecular complexity index is 646. The minimum Gasteiger partial charge on any atom is -0.381 e. The molecule has 5 nitrogen and oxygen atoms in total. The van der Waals surface area contributed by atoms with E-state index in [1.807, 2.05) is 0 Å². The normalized spacial score (nSPS) is 21.1. The lowest BCUT2D eigenvalue weighted by Crippen LogP contribution is -2.44. The Labute approximate surface area is 158 Å². The number of likely N-dealkylation sites (tertiary alicyclic amines) is 1. The molecular weight excluding hydrogens is 348 g/mol. The summed E-state index contributed by atoms with van der Waals surface area (Å²) in [5, 5.41) is 0. The number of benzene rings is 1. The molecular formula is C20H32N2O3S. The molecule has 146 valence electrons. The molecule has 1 aromatic carbocycles. The van der Waals surface area contributed by atoms with Crippen LogP contribution in [0.2, 0.25) is 0 Å². The molecule has 0 aromatic heterocycles. The third-order valence-corrected chi connectivity index (χ3v) is 6.41. The van der Waals surface area contributed by atoms with Gasteiger partial charge in [0, 0.05) is 25.8 Å². The van der Waals surface area contributed by atoms with Crippen molar-refractivity contribution < 1.29 is 13.2 Å². The first-order valence-electron chi connectivity index (χ1n) is 9.84. The Balaban J connectivity index is 1.40. The van der Waals surface area contributed by atoms with Gasteiger partial charge in [-0.25, -0.2) is 13.1 Å². The molecule has 2 aliphatic heterocycles. The van der Waals surface area contributed by atoms with Gasteiger partial charge in [0.05, 0.1) is 6.26 Å². The Hall–Kier alpha value is -0.950. The highest BCUT2D eigenvalue weighted by molar-refractivity contribution is 7.88. The number of piperidine rings is 1. The van der Waals surface area contributed by atoms with Gasteiger partial charge < -0.3 is 9.64 Å². The van der Waals surface area contributed by atoms with Crippen LogP contribution in [0.1, 0.15) is 36.8 Å². The molecule has 0 saturated carbocycles. The standard InChI is InChI=1S/C20H32N2O3S/c1-26(23,24)21-11-6-17-2-4-18(5-3-17)16-19-7-12-22(13-8-19)20-9-14-25-15-10-20/h2-5,19-21H,6-16H2,1H3. The van der Waals surface area contributed by atoms with Crippen molar-refractivity contribution in [1.29, 1.82) is 0 Å². The molecule has 26 heavy (non-hydrogen) atoms. The molecule has 0 amide bonds. The second kappa shape index (κ2) is 9.31. The van der Waals surface area contributed by atoms with Crippen molar-refractivity contribution >= 4 is 10.0 Å². The minimum atomic E-state index is -3.10. The fourth-order valence-corrected chi connectivity index (χ4v) is 4.60. The first-order chi connectivity index (χ1) is 12.5. The zero-order valence-corrected chi connectivity index (χ0v) is 16.6. The van der Waals surface area contributed by atoms with Crippen LogP contribution in [-0.2, 0) is 27.6 Å². The van der Waals surface area contributed by atoms with Crippen LogP contribution in [0.4, 0.5) is 0 Å². The third kappa shape index (κ3) is 6.34. The minimum absolute atomic E-state index is 0.461. The number of sulfonamides is 1. The second-order valence-corrected chi connectivity index (χ2v) is 9.59. The summed E-state index contributed by atoms with van der Waals surface area (Å²) in [6.07, 6.45) is 8.05. The van der Waals surface area contributed by atoms with Crippen LogP contribution in [-0.4, -0.2) is 58.5 Å². The summed E-state index contributed by atoms with van der Waals surface area (Å²) in [4.78, 5) is 2.68. The predicted octanol–water partition coefficient (Wildman–Crippen LogP) is 2.21. The van der Waals surface area contributed by atoms with Crippen molar-refractivity contribution in [1.82, 2.24) is 9.62 Å². The Morgan fingerprint density at radius 1 is 1.04 bits per heavy atom. The highest BCUT2D eigenvalue weighted by Gasteiger charge is 2.26. The quantitative estimate of drug-likeness (QED) is 0.788. The molecule has 3 rings (SSSR count). The molecule has 0 unspecified atom stereocenters. The molecule has 1 N–H and O–H groups in total. The number of rotatable bonds is 7. The lowest BCUT2D eigenvalue weighted by molar-refractivity contribution is 0.0211. The van der Waals surface area contributed by atoms with Crippen LogP contribution in [0.5, 0.6) is 0 Å². The van der Waals surface area contributed by atoms with Gasteiger partial charge in [0.1, 0.15) is 0 Å². The van der Waals surface area contributed by atoms with E-state index in [-0.39, 0.29) is 0 Å². The summed E-state index contributed by atoms with van der Waals surface area (Å²) in [7, 11) is -3.10. The molecule has 2 fully saturated rings. The molecule has 0 atom stereocenters. The molecule has 0 bridgehead atoms. The van der Waals surface area contributed by atoms with E-state index in [1.165, 1.54) is 56.2 Å². The van der Waals surface area contributed by atoms with Crippen LogP contribution in [0.15, 0.2) is 24.3 Å². The highest BCUT2D eigenvalue weighted by Crippen LogP contribution is 2.25. The molecule has 2 heterocycles. The first kappa shape index (κ1) is 19.8. The zero-order valence-electron chi connectivity index (χ0n) is 15.8. The van der Waals surface area contributed by atoms with Crippen LogP contribution < -0.4 is 4.72 Å². The molecule has 1 aromatic rings. The van der Waals surface area contributed by atoms with Crippen LogP contribution >= 0.6 is 0 Å². The zero-order chi connectivity index (χ0) is 18.4. The summed E-state index contributed by atoms with van der Waals surface area (Å²) in [5.41, 5.74) is 2.58. The van der Waals surface area contributed by atoms with Gasteiger partial charge in [0.2, 0.25) is 10.0 Å². The van der Waals surface area contributed by atoms with E-state index < -0.39 is 10.0 Å². The van der Waals surface area contributed by atoms with E-state index in [4.69, 9.17) is 4.74 Å². The average molecular weight is 381 g/mol. The van der Waals surface area contributed by atoms with Gasteiger partial charge in [-0.1, -0.05) is 24.3 Å². The van der Waals surface area contributed by atoms with E-state index in [2.05, 4.69) is 33.9 Å². The second-order valence-electron chi connectivity index (χ2n) is 7.76. The fourth-order valence-electron chi connectivity index (χ4n) is 4.13. The molecule has 2 aliphatic rings. The predicted molar refractivity (Wildman–Crippen MR) is 105 cm³/mol. The highest BCUT2D eigenvalue weighted by atomic mass is 32.2. The van der Waals surface area contributed by atoms with E-state index in [0.29, 0.717) is 6.54 Å². The first-order valence-corrected chi connectivity index (χ1v) is 11.7. The third-order valence-electron chi connectivity index (χ3n) is 5.68. The van der Waals surface area contributed by atoms with E-state index in [9.17, 15) is 8.42 Å². The summed E-state index contributed by atoms with van der Waals surface area (Å²) >= 11 is 0.